The van der Waals surface area contributed by atoms with Crippen molar-refractivity contribution >= 4 is 41.1 Å². The van der Waals surface area contributed by atoms with Crippen molar-refractivity contribution in [1.82, 2.24) is 14.7 Å². The summed E-state index contributed by atoms with van der Waals surface area (Å²) in [6, 6.07) is 5.14. The third-order valence-electron chi connectivity index (χ3n) is 6.11. The van der Waals surface area contributed by atoms with E-state index in [1.165, 1.54) is 6.08 Å². The second-order valence-corrected chi connectivity index (χ2v) is 9.48. The highest BCUT2D eigenvalue weighted by Crippen LogP contribution is 2.23. The van der Waals surface area contributed by atoms with Gasteiger partial charge in [0, 0.05) is 58.3 Å². The smallest absolute Gasteiger partial charge is 0.246 e. The molecule has 7 nitrogen and oxygen atoms in total. The van der Waals surface area contributed by atoms with Crippen LogP contribution in [0.4, 0.5) is 0 Å². The molecule has 0 radical (unpaired) electrons. The number of β-amino-alcohol motifs (C(OH)–C–C–N with tert-alkyl or cyclic N) is 1. The Bertz CT molecular complexity index is 851. The van der Waals surface area contributed by atoms with Gasteiger partial charge >= 0.3 is 0 Å². The van der Waals surface area contributed by atoms with E-state index in [2.05, 4.69) is 4.90 Å². The van der Waals surface area contributed by atoms with E-state index in [9.17, 15) is 19.8 Å². The summed E-state index contributed by atoms with van der Waals surface area (Å²) in [5, 5.41) is 21.3. The fourth-order valence-electron chi connectivity index (χ4n) is 4.16. The van der Waals surface area contributed by atoms with Crippen molar-refractivity contribution in [3.63, 3.8) is 0 Å². The van der Waals surface area contributed by atoms with Gasteiger partial charge in [0.15, 0.2) is 0 Å². The minimum Gasteiger partial charge on any atom is -0.393 e. The predicted molar refractivity (Wildman–Crippen MR) is 126 cm³/mol. The Morgan fingerprint density at radius 2 is 1.97 bits per heavy atom. The Morgan fingerprint density at radius 3 is 2.69 bits per heavy atom. The highest BCUT2D eigenvalue weighted by Gasteiger charge is 2.28. The number of aliphatic hydroxyl groups is 2. The summed E-state index contributed by atoms with van der Waals surface area (Å²) in [6.45, 7) is 5.33. The number of nitrogens with zero attached hydrogens (tertiary/aromatic N) is 3. The number of rotatable bonds is 6. The fourth-order valence-corrected chi connectivity index (χ4v) is 4.47. The molecule has 3 atom stereocenters. The number of carbonyl (C=O) groups excluding carboxylic acids is 2. The number of carbonyl (C=O) groups is 2. The first-order valence-corrected chi connectivity index (χ1v) is 11.8. The highest BCUT2D eigenvalue weighted by molar-refractivity contribution is 6.42. The normalized spacial score (nSPS) is 24.1. The molecule has 2 aliphatic rings. The largest absolute Gasteiger partial charge is 0.393 e. The first-order valence-electron chi connectivity index (χ1n) is 11.0. The van der Waals surface area contributed by atoms with Gasteiger partial charge in [-0.3, -0.25) is 9.59 Å². The molecule has 2 amide bonds. The number of piperidine rings is 1. The Balaban J connectivity index is 1.50. The molecule has 2 fully saturated rings. The highest BCUT2D eigenvalue weighted by atomic mass is 35.5. The Hall–Kier alpha value is -1.64. The number of likely N-dealkylation sites (tertiary alicyclic amines) is 1. The first-order chi connectivity index (χ1) is 15.2. The molecule has 0 bridgehead atoms. The number of halogens is 2. The van der Waals surface area contributed by atoms with Gasteiger partial charge in [-0.05, 0) is 36.1 Å². The topological polar surface area (TPSA) is 84.3 Å². The third kappa shape index (κ3) is 6.93. The maximum atomic E-state index is 12.6. The number of amides is 2. The third-order valence-corrected chi connectivity index (χ3v) is 6.85. The van der Waals surface area contributed by atoms with Gasteiger partial charge in [0.2, 0.25) is 11.8 Å². The molecular weight excluding hydrogens is 453 g/mol. The first kappa shape index (κ1) is 25.0. The molecule has 2 saturated heterocycles. The van der Waals surface area contributed by atoms with Gasteiger partial charge in [0.1, 0.15) is 0 Å². The predicted octanol–water partition coefficient (Wildman–Crippen LogP) is 2.13. The van der Waals surface area contributed by atoms with Crippen molar-refractivity contribution in [2.45, 2.75) is 32.0 Å². The summed E-state index contributed by atoms with van der Waals surface area (Å²) in [4.78, 5) is 30.6. The molecule has 9 heteroatoms. The second-order valence-electron chi connectivity index (χ2n) is 8.67. The number of benzene rings is 1. The van der Waals surface area contributed by atoms with Gasteiger partial charge in [0.25, 0.3) is 0 Å². The maximum absolute atomic E-state index is 12.6. The lowest BCUT2D eigenvalue weighted by molar-refractivity contribution is -0.132. The Morgan fingerprint density at radius 1 is 1.19 bits per heavy atom. The van der Waals surface area contributed by atoms with Crippen LogP contribution in [-0.2, 0) is 9.59 Å². The summed E-state index contributed by atoms with van der Waals surface area (Å²) in [7, 11) is 0. The Kier molecular flexibility index (Phi) is 8.96. The standard InChI is InChI=1S/C23H31Cl2N3O4/c1-16-13-26(8-6-21(16)30)14-18(29)15-28-11-10-27(9-7-23(28)32)22(31)5-3-17-2-4-19(24)20(25)12-17/h2-5,12,16,18,21,29-30H,6-11,13-15H2,1H3/t16-,18?,21-/m0/s1. The molecule has 0 spiro atoms. The van der Waals surface area contributed by atoms with Crippen molar-refractivity contribution in [3.05, 3.63) is 39.9 Å². The van der Waals surface area contributed by atoms with Gasteiger partial charge in [-0.25, -0.2) is 0 Å². The van der Waals surface area contributed by atoms with Gasteiger partial charge < -0.3 is 24.9 Å². The van der Waals surface area contributed by atoms with Crippen LogP contribution in [0.5, 0.6) is 0 Å². The quantitative estimate of drug-likeness (QED) is 0.605. The molecule has 1 aromatic carbocycles. The molecule has 0 aliphatic carbocycles. The molecule has 2 heterocycles. The van der Waals surface area contributed by atoms with Gasteiger partial charge in [-0.15, -0.1) is 0 Å². The molecule has 2 aliphatic heterocycles. The minimum atomic E-state index is -0.668. The van der Waals surface area contributed by atoms with Crippen molar-refractivity contribution in [3.8, 4) is 0 Å². The summed E-state index contributed by atoms with van der Waals surface area (Å²) < 4.78 is 0. The molecule has 2 N–H and O–H groups in total. The van der Waals surface area contributed by atoms with E-state index >= 15 is 0 Å². The zero-order valence-corrected chi connectivity index (χ0v) is 19.8. The lowest BCUT2D eigenvalue weighted by Gasteiger charge is -2.36. The summed E-state index contributed by atoms with van der Waals surface area (Å²) in [6.07, 6.45) is 3.12. The molecule has 32 heavy (non-hydrogen) atoms. The van der Waals surface area contributed by atoms with E-state index in [4.69, 9.17) is 23.2 Å². The zero-order valence-electron chi connectivity index (χ0n) is 18.3. The van der Waals surface area contributed by atoms with E-state index in [-0.39, 0.29) is 36.8 Å². The van der Waals surface area contributed by atoms with E-state index in [0.717, 1.165) is 18.7 Å². The molecule has 1 aromatic rings. The SMILES string of the molecule is C[C@H]1CN(CC(O)CN2CCN(C(=O)C=Cc3ccc(Cl)c(Cl)c3)CCC2=O)CC[C@@H]1O. The second kappa shape index (κ2) is 11.5. The number of aliphatic hydroxyl groups excluding tert-OH is 2. The van der Waals surface area contributed by atoms with E-state index in [1.54, 1.807) is 34.1 Å². The molecule has 1 unspecified atom stereocenters. The molecule has 176 valence electrons. The van der Waals surface area contributed by atoms with Crippen LogP contribution in [-0.4, -0.2) is 94.7 Å². The van der Waals surface area contributed by atoms with Gasteiger partial charge in [0.05, 0.1) is 22.3 Å². The van der Waals surface area contributed by atoms with Crippen LogP contribution in [0.25, 0.3) is 6.08 Å². The van der Waals surface area contributed by atoms with Crippen molar-refractivity contribution in [2.24, 2.45) is 5.92 Å². The molecule has 0 aromatic heterocycles. The average molecular weight is 484 g/mol. The summed E-state index contributed by atoms with van der Waals surface area (Å²) >= 11 is 11.9. The zero-order chi connectivity index (χ0) is 23.3. The lowest BCUT2D eigenvalue weighted by Crippen LogP contribution is -2.48. The van der Waals surface area contributed by atoms with Crippen LogP contribution in [0.2, 0.25) is 10.0 Å². The molecule has 3 rings (SSSR count). The number of hydrogen-bond acceptors (Lipinski definition) is 5. The van der Waals surface area contributed by atoms with Crippen LogP contribution in [0, 0.1) is 5.92 Å². The van der Waals surface area contributed by atoms with Crippen LogP contribution < -0.4 is 0 Å². The van der Waals surface area contributed by atoms with Crippen LogP contribution in [0.1, 0.15) is 25.3 Å². The van der Waals surface area contributed by atoms with Crippen LogP contribution in [0.15, 0.2) is 24.3 Å². The average Bonchev–Trinajstić information content (AvgIpc) is 2.93. The van der Waals surface area contributed by atoms with E-state index in [1.807, 2.05) is 6.92 Å². The van der Waals surface area contributed by atoms with Crippen LogP contribution in [0.3, 0.4) is 0 Å². The van der Waals surface area contributed by atoms with Crippen molar-refractivity contribution in [1.29, 1.82) is 0 Å². The van der Waals surface area contributed by atoms with E-state index < -0.39 is 6.10 Å². The minimum absolute atomic E-state index is 0.0600. The summed E-state index contributed by atoms with van der Waals surface area (Å²) in [5.41, 5.74) is 0.767. The fraction of sp³-hybridized carbons (Fsp3) is 0.565. The summed E-state index contributed by atoms with van der Waals surface area (Å²) in [5.74, 6) is -0.0605. The van der Waals surface area contributed by atoms with Gasteiger partial charge in [-0.1, -0.05) is 36.2 Å². The monoisotopic (exact) mass is 483 g/mol. The molecular formula is C23H31Cl2N3O4. The lowest BCUT2D eigenvalue weighted by atomic mass is 9.96. The molecule has 0 saturated carbocycles. The van der Waals surface area contributed by atoms with Crippen molar-refractivity contribution < 1.29 is 19.8 Å². The van der Waals surface area contributed by atoms with Crippen molar-refractivity contribution in [2.75, 3.05) is 45.8 Å². The number of hydrogen-bond donors (Lipinski definition) is 2. The van der Waals surface area contributed by atoms with E-state index in [0.29, 0.717) is 42.6 Å². The maximum Gasteiger partial charge on any atom is 0.246 e. The Labute approximate surface area is 199 Å². The van der Waals surface area contributed by atoms with Crippen LogP contribution >= 0.6 is 23.2 Å². The van der Waals surface area contributed by atoms with Gasteiger partial charge in [-0.2, -0.15) is 0 Å².